The largest absolute Gasteiger partial charge is 0.493 e. The van der Waals surface area contributed by atoms with E-state index in [4.69, 9.17) is 23.8 Å². The predicted molar refractivity (Wildman–Crippen MR) is 94.0 cm³/mol. The number of carboxylic acid groups (broad SMARTS) is 1. The zero-order chi connectivity index (χ0) is 18.7. The summed E-state index contributed by atoms with van der Waals surface area (Å²) in [5, 5.41) is 12.9. The van der Waals surface area contributed by atoms with E-state index in [0.29, 0.717) is 28.6 Å². The van der Waals surface area contributed by atoms with Gasteiger partial charge in [0.05, 0.1) is 33.1 Å². The SMILES string of the molecule is COc1cc(-c2oncc2-c2ccc(C(=O)O)cc2)cc(OC)c1OC. The summed E-state index contributed by atoms with van der Waals surface area (Å²) in [5.41, 5.74) is 2.39. The van der Waals surface area contributed by atoms with Crippen molar-refractivity contribution in [3.8, 4) is 39.7 Å². The molecule has 0 unspecified atom stereocenters. The van der Waals surface area contributed by atoms with Crippen LogP contribution in [0.2, 0.25) is 0 Å². The Kier molecular flexibility index (Phi) is 4.79. The Morgan fingerprint density at radius 1 is 0.962 bits per heavy atom. The molecule has 0 saturated carbocycles. The highest BCUT2D eigenvalue weighted by Crippen LogP contribution is 2.43. The lowest BCUT2D eigenvalue weighted by Crippen LogP contribution is -1.96. The van der Waals surface area contributed by atoms with E-state index in [9.17, 15) is 4.79 Å². The van der Waals surface area contributed by atoms with Gasteiger partial charge < -0.3 is 23.8 Å². The highest BCUT2D eigenvalue weighted by molar-refractivity contribution is 5.89. The van der Waals surface area contributed by atoms with E-state index in [1.807, 2.05) is 0 Å². The number of nitrogens with zero attached hydrogens (tertiary/aromatic N) is 1. The minimum Gasteiger partial charge on any atom is -0.493 e. The van der Waals surface area contributed by atoms with Crippen LogP contribution >= 0.6 is 0 Å². The topological polar surface area (TPSA) is 91.0 Å². The number of ether oxygens (including phenoxy) is 3. The van der Waals surface area contributed by atoms with Crippen molar-refractivity contribution in [3.05, 3.63) is 48.2 Å². The van der Waals surface area contributed by atoms with E-state index in [0.717, 1.165) is 11.1 Å². The first-order chi connectivity index (χ1) is 12.6. The normalized spacial score (nSPS) is 10.4. The number of methoxy groups -OCH3 is 3. The first-order valence-corrected chi connectivity index (χ1v) is 7.67. The second kappa shape index (κ2) is 7.18. The Balaban J connectivity index is 2.09. The fourth-order valence-electron chi connectivity index (χ4n) is 2.66. The van der Waals surface area contributed by atoms with Crippen LogP contribution in [0.4, 0.5) is 0 Å². The third-order valence-corrected chi connectivity index (χ3v) is 3.94. The molecule has 0 amide bonds. The van der Waals surface area contributed by atoms with Crippen molar-refractivity contribution in [2.24, 2.45) is 0 Å². The Morgan fingerprint density at radius 3 is 2.08 bits per heavy atom. The molecule has 1 aromatic heterocycles. The van der Waals surface area contributed by atoms with Crippen molar-refractivity contribution in [1.29, 1.82) is 0 Å². The molecule has 3 rings (SSSR count). The highest BCUT2D eigenvalue weighted by atomic mass is 16.5. The van der Waals surface area contributed by atoms with Gasteiger partial charge in [-0.2, -0.15) is 0 Å². The van der Waals surface area contributed by atoms with E-state index in [2.05, 4.69) is 5.16 Å². The molecule has 0 aliphatic rings. The molecular formula is C19H17NO6. The van der Waals surface area contributed by atoms with Gasteiger partial charge in [-0.1, -0.05) is 17.3 Å². The van der Waals surface area contributed by atoms with Gasteiger partial charge in [0.25, 0.3) is 0 Å². The van der Waals surface area contributed by atoms with Crippen molar-refractivity contribution < 1.29 is 28.6 Å². The molecule has 26 heavy (non-hydrogen) atoms. The number of benzene rings is 2. The van der Waals surface area contributed by atoms with Crippen molar-refractivity contribution in [2.75, 3.05) is 21.3 Å². The maximum Gasteiger partial charge on any atom is 0.335 e. The number of carboxylic acids is 1. The standard InChI is InChI=1S/C19H17NO6/c1-23-15-8-13(9-16(24-2)18(15)25-3)17-14(10-20-26-17)11-4-6-12(7-5-11)19(21)22/h4-10H,1-3H3,(H,21,22). The van der Waals surface area contributed by atoms with Crippen molar-refractivity contribution in [1.82, 2.24) is 5.16 Å². The maximum absolute atomic E-state index is 11.0. The van der Waals surface area contributed by atoms with Gasteiger partial charge in [0.1, 0.15) is 0 Å². The molecule has 2 aromatic carbocycles. The number of carbonyl (C=O) groups is 1. The lowest BCUT2D eigenvalue weighted by molar-refractivity contribution is 0.0697. The Bertz CT molecular complexity index is 904. The highest BCUT2D eigenvalue weighted by Gasteiger charge is 2.19. The summed E-state index contributed by atoms with van der Waals surface area (Å²) in [6.07, 6.45) is 1.58. The minimum absolute atomic E-state index is 0.208. The van der Waals surface area contributed by atoms with Crippen LogP contribution in [0.3, 0.4) is 0 Å². The molecule has 0 spiro atoms. The monoisotopic (exact) mass is 355 g/mol. The molecule has 0 fully saturated rings. The molecule has 0 aliphatic heterocycles. The van der Waals surface area contributed by atoms with Crippen LogP contribution in [0.5, 0.6) is 17.2 Å². The molecule has 134 valence electrons. The minimum atomic E-state index is -0.980. The van der Waals surface area contributed by atoms with Crippen LogP contribution in [-0.2, 0) is 0 Å². The number of aromatic carboxylic acids is 1. The van der Waals surface area contributed by atoms with Gasteiger partial charge in [-0.25, -0.2) is 4.79 Å². The molecular weight excluding hydrogens is 338 g/mol. The maximum atomic E-state index is 11.0. The van der Waals surface area contributed by atoms with Gasteiger partial charge in [-0.15, -0.1) is 0 Å². The smallest absolute Gasteiger partial charge is 0.335 e. The molecule has 3 aromatic rings. The molecule has 0 bridgehead atoms. The number of aromatic nitrogens is 1. The lowest BCUT2D eigenvalue weighted by Gasteiger charge is -2.13. The summed E-state index contributed by atoms with van der Waals surface area (Å²) in [6.45, 7) is 0. The van der Waals surface area contributed by atoms with E-state index in [-0.39, 0.29) is 5.56 Å². The van der Waals surface area contributed by atoms with Gasteiger partial charge in [-0.05, 0) is 29.8 Å². The second-order valence-corrected chi connectivity index (χ2v) is 5.37. The van der Waals surface area contributed by atoms with Crippen LogP contribution in [0.1, 0.15) is 10.4 Å². The third-order valence-electron chi connectivity index (χ3n) is 3.94. The average Bonchev–Trinajstić information content (AvgIpc) is 3.16. The summed E-state index contributed by atoms with van der Waals surface area (Å²) >= 11 is 0. The number of hydrogen-bond acceptors (Lipinski definition) is 6. The van der Waals surface area contributed by atoms with Crippen molar-refractivity contribution in [2.45, 2.75) is 0 Å². The first kappa shape index (κ1) is 17.3. The van der Waals surface area contributed by atoms with Gasteiger partial charge >= 0.3 is 5.97 Å². The van der Waals surface area contributed by atoms with Crippen LogP contribution < -0.4 is 14.2 Å². The molecule has 0 aliphatic carbocycles. The molecule has 0 saturated heterocycles. The molecule has 1 N–H and O–H groups in total. The van der Waals surface area contributed by atoms with Gasteiger partial charge in [0.2, 0.25) is 5.75 Å². The summed E-state index contributed by atoms with van der Waals surface area (Å²) in [7, 11) is 4.60. The Hall–Kier alpha value is -3.48. The molecule has 0 atom stereocenters. The third kappa shape index (κ3) is 3.06. The van der Waals surface area contributed by atoms with Gasteiger partial charge in [0, 0.05) is 11.1 Å². The second-order valence-electron chi connectivity index (χ2n) is 5.37. The predicted octanol–water partition coefficient (Wildman–Crippen LogP) is 3.73. The van der Waals surface area contributed by atoms with Gasteiger partial charge in [-0.3, -0.25) is 0 Å². The molecule has 7 heteroatoms. The van der Waals surface area contributed by atoms with E-state index in [1.165, 1.54) is 33.5 Å². The number of hydrogen-bond donors (Lipinski definition) is 1. The molecule has 7 nitrogen and oxygen atoms in total. The summed E-state index contributed by atoms with van der Waals surface area (Å²) in [6, 6.07) is 10.00. The average molecular weight is 355 g/mol. The zero-order valence-electron chi connectivity index (χ0n) is 14.5. The summed E-state index contributed by atoms with van der Waals surface area (Å²) in [4.78, 5) is 11.0. The Labute approximate surface area is 149 Å². The number of rotatable bonds is 6. The van der Waals surface area contributed by atoms with E-state index < -0.39 is 5.97 Å². The quantitative estimate of drug-likeness (QED) is 0.720. The summed E-state index contributed by atoms with van der Waals surface area (Å²) < 4.78 is 21.5. The first-order valence-electron chi connectivity index (χ1n) is 7.67. The molecule has 1 heterocycles. The van der Waals surface area contributed by atoms with Crippen molar-refractivity contribution in [3.63, 3.8) is 0 Å². The van der Waals surface area contributed by atoms with Crippen LogP contribution in [0, 0.1) is 0 Å². The van der Waals surface area contributed by atoms with Gasteiger partial charge in [0.15, 0.2) is 17.3 Å². The van der Waals surface area contributed by atoms with Crippen molar-refractivity contribution >= 4 is 5.97 Å². The van der Waals surface area contributed by atoms with E-state index >= 15 is 0 Å². The fourth-order valence-corrected chi connectivity index (χ4v) is 2.66. The molecule has 0 radical (unpaired) electrons. The van der Waals surface area contributed by atoms with Crippen LogP contribution in [-0.4, -0.2) is 37.6 Å². The fraction of sp³-hybridized carbons (Fsp3) is 0.158. The van der Waals surface area contributed by atoms with Crippen LogP contribution in [0.15, 0.2) is 47.1 Å². The summed E-state index contributed by atoms with van der Waals surface area (Å²) in [5.74, 6) is 0.987. The van der Waals surface area contributed by atoms with E-state index in [1.54, 1.807) is 30.5 Å². The zero-order valence-corrected chi connectivity index (χ0v) is 14.5. The van der Waals surface area contributed by atoms with Crippen LogP contribution in [0.25, 0.3) is 22.5 Å². The lowest BCUT2D eigenvalue weighted by atomic mass is 10.0. The Morgan fingerprint density at radius 2 is 1.58 bits per heavy atom.